The van der Waals surface area contributed by atoms with Crippen LogP contribution in [0.25, 0.3) is 87.6 Å². The van der Waals surface area contributed by atoms with Gasteiger partial charge in [-0.25, -0.2) is 0 Å². The smallest absolute Gasteiger partial charge is 0.309 e. The van der Waals surface area contributed by atoms with Crippen molar-refractivity contribution in [1.29, 1.82) is 0 Å². The largest absolute Gasteiger partial charge is 0.416 e. The van der Waals surface area contributed by atoms with Crippen molar-refractivity contribution >= 4 is 43.1 Å². The van der Waals surface area contributed by atoms with Gasteiger partial charge in [0.05, 0.1) is 33.4 Å². The second-order valence-electron chi connectivity index (χ2n) is 20.6. The molecule has 2 aliphatic rings. The first kappa shape index (κ1) is 53.6. The Hall–Kier alpha value is -8.06. The Morgan fingerprint density at radius 1 is 0.259 bits per heavy atom. The Morgan fingerprint density at radius 2 is 0.568 bits per heavy atom. The fourth-order valence-electron chi connectivity index (χ4n) is 12.1. The molecule has 0 N–H and O–H groups in total. The van der Waals surface area contributed by atoms with E-state index in [-0.39, 0.29) is 115 Å². The molecule has 19 heteroatoms. The number of alkyl halides is 18. The lowest BCUT2D eigenvalue weighted by Crippen LogP contribution is -2.44. The van der Waals surface area contributed by atoms with Gasteiger partial charge >= 0.3 is 37.1 Å². The molecular formula is C62H34F18N+. The molecule has 0 aliphatic carbocycles. The number of hydrogen-bond acceptors (Lipinski definition) is 0. The Balaban J connectivity index is 1.26. The first-order valence-corrected chi connectivity index (χ1v) is 24.7. The summed E-state index contributed by atoms with van der Waals surface area (Å²) in [4.78, 5) is 0. The fourth-order valence-corrected chi connectivity index (χ4v) is 12.1. The fraction of sp³-hybridized carbons (Fsp3) is 0.161. The minimum Gasteiger partial charge on any atom is -0.309 e. The Morgan fingerprint density at radius 3 is 0.901 bits per heavy atom. The molecule has 0 radical (unpaired) electrons. The summed E-state index contributed by atoms with van der Waals surface area (Å²) in [5.74, 6) is 0. The van der Waals surface area contributed by atoms with E-state index in [4.69, 9.17) is 0 Å². The zero-order valence-corrected chi connectivity index (χ0v) is 41.1. The van der Waals surface area contributed by atoms with Crippen molar-refractivity contribution in [3.05, 3.63) is 213 Å². The van der Waals surface area contributed by atoms with Gasteiger partial charge in [-0.15, -0.1) is 0 Å². The van der Waals surface area contributed by atoms with Crippen LogP contribution < -0.4 is 0 Å². The van der Waals surface area contributed by atoms with Crippen LogP contribution in [0.5, 0.6) is 0 Å². The van der Waals surface area contributed by atoms with Crippen molar-refractivity contribution in [3.63, 3.8) is 0 Å². The highest BCUT2D eigenvalue weighted by molar-refractivity contribution is 6.12. The van der Waals surface area contributed by atoms with E-state index in [1.165, 1.54) is 48.5 Å². The SMILES string of the molecule is FC(F)(F)c1cc(-c2cc3ccccc3c3c2C[N+]2(Cc4ccc5cc(C(F)(F)F)ccc5c4-c4c(ccc5cc(C(F)(F)F)ccc45)C2)Cc2c(-c4cc(C(F)(F)F)cc(C(F)(F)F)c4)cc4ccccc4c2-3)cc(C(F)(F)F)c1. The Labute approximate surface area is 446 Å². The van der Waals surface area contributed by atoms with E-state index in [9.17, 15) is 79.0 Å². The summed E-state index contributed by atoms with van der Waals surface area (Å²) in [7, 11) is 0. The maximum absolute atomic E-state index is 14.9. The predicted octanol–water partition coefficient (Wildman–Crippen LogP) is 20.6. The minimum atomic E-state index is -5.33. The highest BCUT2D eigenvalue weighted by Crippen LogP contribution is 2.55. The summed E-state index contributed by atoms with van der Waals surface area (Å²) in [6.45, 7) is -1.21. The zero-order valence-electron chi connectivity index (χ0n) is 41.1. The molecule has 1 nitrogen and oxygen atoms in total. The molecule has 0 aromatic heterocycles. The van der Waals surface area contributed by atoms with Crippen molar-refractivity contribution in [3.8, 4) is 44.5 Å². The Kier molecular flexibility index (Phi) is 11.9. The van der Waals surface area contributed by atoms with Gasteiger partial charge in [-0.05, 0) is 149 Å². The molecule has 0 amide bonds. The van der Waals surface area contributed by atoms with E-state index in [1.807, 2.05) is 0 Å². The number of rotatable bonds is 2. The van der Waals surface area contributed by atoms with E-state index < -0.39 is 86.0 Å². The molecule has 0 saturated carbocycles. The maximum Gasteiger partial charge on any atom is 0.416 e. The van der Waals surface area contributed by atoms with E-state index >= 15 is 0 Å². The van der Waals surface area contributed by atoms with Crippen molar-refractivity contribution < 1.29 is 83.5 Å². The number of benzene rings is 10. The van der Waals surface area contributed by atoms with Gasteiger partial charge in [-0.1, -0.05) is 84.9 Å². The van der Waals surface area contributed by atoms with Crippen LogP contribution in [-0.4, -0.2) is 4.48 Å². The van der Waals surface area contributed by atoms with E-state index in [2.05, 4.69) is 0 Å². The van der Waals surface area contributed by atoms with Crippen molar-refractivity contribution in [2.75, 3.05) is 0 Å². The number of fused-ring (bicyclic) bond motifs is 14. The lowest BCUT2D eigenvalue weighted by atomic mass is 9.81. The maximum atomic E-state index is 14.9. The highest BCUT2D eigenvalue weighted by atomic mass is 19.4. The lowest BCUT2D eigenvalue weighted by Gasteiger charge is -2.39. The molecule has 0 fully saturated rings. The average Bonchev–Trinajstić information content (AvgIpc) is 3.79. The molecule has 0 saturated heterocycles. The lowest BCUT2D eigenvalue weighted by molar-refractivity contribution is -0.977. The van der Waals surface area contributed by atoms with Crippen LogP contribution in [0.4, 0.5) is 79.0 Å². The third-order valence-corrected chi connectivity index (χ3v) is 15.5. The van der Waals surface area contributed by atoms with Gasteiger partial charge in [0.2, 0.25) is 0 Å². The second kappa shape index (κ2) is 18.0. The molecule has 1 spiro atoms. The van der Waals surface area contributed by atoms with Crippen LogP contribution >= 0.6 is 0 Å². The van der Waals surface area contributed by atoms with Gasteiger partial charge in [0.25, 0.3) is 0 Å². The molecule has 2 aliphatic heterocycles. The number of halogens is 18. The summed E-state index contributed by atoms with van der Waals surface area (Å²) in [5.41, 5.74) is -8.36. The molecule has 10 aromatic rings. The first-order valence-electron chi connectivity index (χ1n) is 24.7. The Bertz CT molecular complexity index is 3930. The van der Waals surface area contributed by atoms with E-state index in [0.717, 1.165) is 24.3 Å². The van der Waals surface area contributed by atoms with Crippen LogP contribution in [0.2, 0.25) is 0 Å². The molecule has 412 valence electrons. The molecule has 0 unspecified atom stereocenters. The van der Waals surface area contributed by atoms with Gasteiger partial charge < -0.3 is 4.48 Å². The first-order chi connectivity index (χ1) is 37.8. The van der Waals surface area contributed by atoms with Gasteiger partial charge in [0.15, 0.2) is 0 Å². The van der Waals surface area contributed by atoms with Crippen molar-refractivity contribution in [2.45, 2.75) is 63.2 Å². The molecule has 10 aromatic carbocycles. The molecule has 0 bridgehead atoms. The molecule has 0 atom stereocenters. The monoisotopic (exact) mass is 1130 g/mol. The number of hydrogen-bond donors (Lipinski definition) is 0. The summed E-state index contributed by atoms with van der Waals surface area (Å²) in [6, 6.07) is 29.2. The van der Waals surface area contributed by atoms with Crippen LogP contribution in [0.15, 0.2) is 158 Å². The van der Waals surface area contributed by atoms with Crippen LogP contribution in [0.1, 0.15) is 55.6 Å². The molecule has 2 heterocycles. The summed E-state index contributed by atoms with van der Waals surface area (Å²) >= 11 is 0. The van der Waals surface area contributed by atoms with Crippen LogP contribution in [-0.2, 0) is 63.2 Å². The van der Waals surface area contributed by atoms with Gasteiger partial charge in [-0.3, -0.25) is 0 Å². The number of quaternary nitrogens is 1. The van der Waals surface area contributed by atoms with Crippen molar-refractivity contribution in [2.24, 2.45) is 0 Å². The summed E-state index contributed by atoms with van der Waals surface area (Å²) in [6.07, 6.45) is -31.0. The third kappa shape index (κ3) is 9.36. The minimum absolute atomic E-state index is 0.0384. The normalized spacial score (nSPS) is 14.9. The van der Waals surface area contributed by atoms with E-state index in [0.29, 0.717) is 46.2 Å². The second-order valence-corrected chi connectivity index (χ2v) is 20.6. The summed E-state index contributed by atoms with van der Waals surface area (Å²) in [5, 5.41) is 1.74. The number of nitrogens with zero attached hydrogens (tertiary/aromatic N) is 1. The van der Waals surface area contributed by atoms with Crippen molar-refractivity contribution in [1.82, 2.24) is 0 Å². The highest BCUT2D eigenvalue weighted by Gasteiger charge is 2.45. The topological polar surface area (TPSA) is 0 Å². The quantitative estimate of drug-likeness (QED) is 0.120. The summed E-state index contributed by atoms with van der Waals surface area (Å²) < 4.78 is 264. The zero-order chi connectivity index (χ0) is 57.7. The van der Waals surface area contributed by atoms with Gasteiger partial charge in [-0.2, -0.15) is 79.0 Å². The van der Waals surface area contributed by atoms with Crippen LogP contribution in [0, 0.1) is 0 Å². The van der Waals surface area contributed by atoms with E-state index in [1.54, 1.807) is 48.5 Å². The van der Waals surface area contributed by atoms with Gasteiger partial charge in [0.1, 0.15) is 26.2 Å². The standard InChI is InChI=1S/C62H34F18N/c63-57(64,65)39-13-15-47-33(17-39)9-11-35-27-81(28-36-12-10-34-18-40(58(66,67)68)14-16-48(34)54(36)53(35)47)29-51-49(37-19-41(59(69,70)71)25-42(20-37)60(72,73)74)23-31-5-1-3-7-45(31)55(51)56-46-8-4-2-6-32(46)24-50(52(56)30-81)38-21-43(61(75,76)77)26-44(22-38)62(78,79)80/h1-26H,27-30H2/q+1. The molecule has 81 heavy (non-hydrogen) atoms. The van der Waals surface area contributed by atoms with Crippen LogP contribution in [0.3, 0.4) is 0 Å². The molecular weight excluding hydrogens is 1100 g/mol. The predicted molar refractivity (Wildman–Crippen MR) is 270 cm³/mol. The van der Waals surface area contributed by atoms with Gasteiger partial charge in [0, 0.05) is 33.4 Å². The average molecular weight is 1130 g/mol. The molecule has 12 rings (SSSR count). The third-order valence-electron chi connectivity index (χ3n) is 15.5.